The molecule has 7 nitrogen and oxygen atoms in total. The fourth-order valence-electron chi connectivity index (χ4n) is 2.17. The lowest BCUT2D eigenvalue weighted by Gasteiger charge is -2.09. The van der Waals surface area contributed by atoms with Gasteiger partial charge in [0.25, 0.3) is 11.8 Å². The van der Waals surface area contributed by atoms with Crippen molar-refractivity contribution >= 4 is 17.8 Å². The van der Waals surface area contributed by atoms with Crippen LogP contribution in [0.5, 0.6) is 5.75 Å². The molecule has 2 aromatic carbocycles. The molecule has 2 aromatic rings. The van der Waals surface area contributed by atoms with Gasteiger partial charge in [0.2, 0.25) is 0 Å². The van der Waals surface area contributed by atoms with Crippen molar-refractivity contribution in [1.29, 1.82) is 0 Å². The number of para-hydroxylation sites is 1. The molecule has 0 radical (unpaired) electrons. The minimum Gasteiger partial charge on any atom is -0.481 e. The summed E-state index contributed by atoms with van der Waals surface area (Å²) in [5.74, 6) is -2.08. The van der Waals surface area contributed by atoms with E-state index >= 15 is 0 Å². The van der Waals surface area contributed by atoms with E-state index in [0.717, 1.165) is 5.56 Å². The molecule has 0 saturated carbocycles. The molecule has 27 heavy (non-hydrogen) atoms. The SMILES string of the molecule is NC(=O)c1ccccc1OCC(=O)OCC(=O)NCCc1ccc(F)cc1. The van der Waals surface area contributed by atoms with Crippen LogP contribution in [0.15, 0.2) is 48.5 Å². The highest BCUT2D eigenvalue weighted by atomic mass is 19.1. The molecule has 2 rings (SSSR count). The van der Waals surface area contributed by atoms with Gasteiger partial charge in [0, 0.05) is 6.54 Å². The molecule has 0 saturated heterocycles. The lowest BCUT2D eigenvalue weighted by molar-refractivity contribution is -0.150. The quantitative estimate of drug-likeness (QED) is 0.642. The third kappa shape index (κ3) is 6.77. The first-order valence-corrected chi connectivity index (χ1v) is 8.14. The van der Waals surface area contributed by atoms with Gasteiger partial charge in [0.05, 0.1) is 5.56 Å². The number of benzene rings is 2. The van der Waals surface area contributed by atoms with Crippen molar-refractivity contribution in [2.24, 2.45) is 5.73 Å². The summed E-state index contributed by atoms with van der Waals surface area (Å²) < 4.78 is 22.8. The molecule has 0 unspecified atom stereocenters. The number of hydrogen-bond acceptors (Lipinski definition) is 5. The number of carbonyl (C=O) groups excluding carboxylic acids is 3. The molecule has 142 valence electrons. The monoisotopic (exact) mass is 374 g/mol. The number of esters is 1. The number of nitrogens with two attached hydrogens (primary N) is 1. The molecule has 0 aliphatic carbocycles. The van der Waals surface area contributed by atoms with Crippen molar-refractivity contribution in [2.45, 2.75) is 6.42 Å². The Hall–Kier alpha value is -3.42. The maximum atomic E-state index is 12.8. The fraction of sp³-hybridized carbons (Fsp3) is 0.211. The number of hydrogen-bond donors (Lipinski definition) is 2. The Kier molecular flexibility index (Phi) is 7.30. The Bertz CT molecular complexity index is 808. The Morgan fingerprint density at radius 2 is 1.70 bits per heavy atom. The summed E-state index contributed by atoms with van der Waals surface area (Å²) in [6, 6.07) is 12.1. The second-order valence-corrected chi connectivity index (χ2v) is 5.54. The zero-order valence-electron chi connectivity index (χ0n) is 14.4. The van der Waals surface area contributed by atoms with Crippen molar-refractivity contribution in [1.82, 2.24) is 5.32 Å². The van der Waals surface area contributed by atoms with Crippen LogP contribution < -0.4 is 15.8 Å². The number of ether oxygens (including phenoxy) is 2. The van der Waals surface area contributed by atoms with Gasteiger partial charge in [-0.15, -0.1) is 0 Å². The molecule has 8 heteroatoms. The van der Waals surface area contributed by atoms with Gasteiger partial charge in [-0.25, -0.2) is 9.18 Å². The van der Waals surface area contributed by atoms with Gasteiger partial charge < -0.3 is 20.5 Å². The van der Waals surface area contributed by atoms with Gasteiger partial charge in [-0.2, -0.15) is 0 Å². The Morgan fingerprint density at radius 3 is 2.41 bits per heavy atom. The highest BCUT2D eigenvalue weighted by Gasteiger charge is 2.12. The number of carbonyl (C=O) groups is 3. The van der Waals surface area contributed by atoms with Crippen molar-refractivity contribution in [3.63, 3.8) is 0 Å². The van der Waals surface area contributed by atoms with E-state index in [4.69, 9.17) is 15.2 Å². The van der Waals surface area contributed by atoms with Gasteiger partial charge in [-0.1, -0.05) is 24.3 Å². The number of nitrogens with one attached hydrogen (secondary N) is 1. The topological polar surface area (TPSA) is 108 Å². The summed E-state index contributed by atoms with van der Waals surface area (Å²) in [7, 11) is 0. The van der Waals surface area contributed by atoms with Gasteiger partial charge in [-0.05, 0) is 36.2 Å². The van der Waals surface area contributed by atoms with E-state index in [1.807, 2.05) is 0 Å². The standard InChI is InChI=1S/C19H19FN2O5/c20-14-7-5-13(6-8-14)9-10-22-17(23)11-27-18(24)12-26-16-4-2-1-3-15(16)19(21)25/h1-8H,9-12H2,(H2,21,25)(H,22,23). The molecule has 0 aromatic heterocycles. The zero-order valence-corrected chi connectivity index (χ0v) is 14.4. The summed E-state index contributed by atoms with van der Waals surface area (Å²) >= 11 is 0. The molecular formula is C19H19FN2O5. The van der Waals surface area contributed by atoms with Crippen molar-refractivity contribution in [3.8, 4) is 5.75 Å². The van der Waals surface area contributed by atoms with E-state index in [9.17, 15) is 18.8 Å². The molecule has 0 bridgehead atoms. The van der Waals surface area contributed by atoms with Crippen molar-refractivity contribution < 1.29 is 28.2 Å². The summed E-state index contributed by atoms with van der Waals surface area (Å²) in [5, 5.41) is 2.59. The summed E-state index contributed by atoms with van der Waals surface area (Å²) in [4.78, 5) is 34.6. The number of rotatable bonds is 9. The summed E-state index contributed by atoms with van der Waals surface area (Å²) in [6.45, 7) is -0.596. The van der Waals surface area contributed by atoms with Gasteiger partial charge in [0.1, 0.15) is 11.6 Å². The first-order chi connectivity index (χ1) is 13.0. The molecule has 0 spiro atoms. The third-order valence-electron chi connectivity index (χ3n) is 3.51. The summed E-state index contributed by atoms with van der Waals surface area (Å²) in [5.41, 5.74) is 6.22. The summed E-state index contributed by atoms with van der Waals surface area (Å²) in [6.07, 6.45) is 0.521. The van der Waals surface area contributed by atoms with Crippen LogP contribution in [0.3, 0.4) is 0 Å². The normalized spacial score (nSPS) is 10.1. The van der Waals surface area contributed by atoms with Crippen LogP contribution in [0.2, 0.25) is 0 Å². The van der Waals surface area contributed by atoms with Crippen LogP contribution in [0.1, 0.15) is 15.9 Å². The predicted molar refractivity (Wildman–Crippen MR) is 94.5 cm³/mol. The first kappa shape index (κ1) is 19.9. The van der Waals surface area contributed by atoms with Gasteiger partial charge in [0.15, 0.2) is 13.2 Å². The second kappa shape index (κ2) is 9.91. The average molecular weight is 374 g/mol. The lowest BCUT2D eigenvalue weighted by Crippen LogP contribution is -2.31. The van der Waals surface area contributed by atoms with Crippen LogP contribution in [-0.2, 0) is 20.7 Å². The lowest BCUT2D eigenvalue weighted by atomic mass is 10.1. The van der Waals surface area contributed by atoms with Crippen LogP contribution in [0.4, 0.5) is 4.39 Å². The molecule has 3 N–H and O–H groups in total. The zero-order chi connectivity index (χ0) is 19.6. The highest BCUT2D eigenvalue weighted by molar-refractivity contribution is 5.95. The Morgan fingerprint density at radius 1 is 1.00 bits per heavy atom. The smallest absolute Gasteiger partial charge is 0.344 e. The van der Waals surface area contributed by atoms with Crippen molar-refractivity contribution in [2.75, 3.05) is 19.8 Å². The first-order valence-electron chi connectivity index (χ1n) is 8.14. The van der Waals surface area contributed by atoms with E-state index in [1.165, 1.54) is 24.3 Å². The van der Waals surface area contributed by atoms with E-state index in [1.54, 1.807) is 24.3 Å². The maximum absolute atomic E-state index is 12.8. The van der Waals surface area contributed by atoms with E-state index in [2.05, 4.69) is 5.32 Å². The van der Waals surface area contributed by atoms with Gasteiger partial charge in [-0.3, -0.25) is 9.59 Å². The van der Waals surface area contributed by atoms with Crippen LogP contribution >= 0.6 is 0 Å². The largest absolute Gasteiger partial charge is 0.481 e. The Labute approximate surface area is 155 Å². The van der Waals surface area contributed by atoms with E-state index in [0.29, 0.717) is 13.0 Å². The van der Waals surface area contributed by atoms with Crippen LogP contribution in [0, 0.1) is 5.82 Å². The second-order valence-electron chi connectivity index (χ2n) is 5.54. The molecule has 0 heterocycles. The average Bonchev–Trinajstić information content (AvgIpc) is 2.66. The van der Waals surface area contributed by atoms with Crippen LogP contribution in [-0.4, -0.2) is 37.5 Å². The number of amides is 2. The maximum Gasteiger partial charge on any atom is 0.344 e. The molecule has 0 atom stereocenters. The predicted octanol–water partition coefficient (Wildman–Crippen LogP) is 1.21. The highest BCUT2D eigenvalue weighted by Crippen LogP contribution is 2.16. The molecular weight excluding hydrogens is 355 g/mol. The Balaban J connectivity index is 1.67. The number of primary amides is 1. The molecule has 0 fully saturated rings. The van der Waals surface area contributed by atoms with E-state index < -0.39 is 31.0 Å². The molecule has 0 aliphatic heterocycles. The fourth-order valence-corrected chi connectivity index (χ4v) is 2.17. The molecule has 0 aliphatic rings. The minimum absolute atomic E-state index is 0.142. The van der Waals surface area contributed by atoms with E-state index in [-0.39, 0.29) is 17.1 Å². The van der Waals surface area contributed by atoms with Gasteiger partial charge >= 0.3 is 5.97 Å². The number of halogens is 1. The third-order valence-corrected chi connectivity index (χ3v) is 3.51. The van der Waals surface area contributed by atoms with Crippen LogP contribution in [0.25, 0.3) is 0 Å². The minimum atomic E-state index is -0.761. The molecule has 2 amide bonds. The van der Waals surface area contributed by atoms with Crippen molar-refractivity contribution in [3.05, 3.63) is 65.5 Å².